The number of aromatic nitrogens is 4. The van der Waals surface area contributed by atoms with Gasteiger partial charge in [0.05, 0.1) is 16.5 Å². The Kier molecular flexibility index (Phi) is 4.74. The Morgan fingerprint density at radius 1 is 1.12 bits per heavy atom. The average molecular weight is 337 g/mol. The van der Waals surface area contributed by atoms with Gasteiger partial charge in [-0.05, 0) is 46.5 Å². The van der Waals surface area contributed by atoms with Crippen molar-refractivity contribution in [2.75, 3.05) is 5.01 Å². The van der Waals surface area contributed by atoms with Crippen LogP contribution < -0.4 is 5.01 Å². The van der Waals surface area contributed by atoms with Gasteiger partial charge in [0.2, 0.25) is 0 Å². The number of tetrazole rings is 1. The van der Waals surface area contributed by atoms with Gasteiger partial charge in [0.25, 0.3) is 5.82 Å². The molecule has 0 amide bonds. The van der Waals surface area contributed by atoms with E-state index in [1.165, 1.54) is 9.69 Å². The Morgan fingerprint density at radius 2 is 1.68 bits per heavy atom. The molecule has 0 bridgehead atoms. The molecule has 1 aromatic heterocycles. The average Bonchev–Trinajstić information content (AvgIpc) is 3.12. The smallest absolute Gasteiger partial charge is 0.358 e. The highest BCUT2D eigenvalue weighted by molar-refractivity contribution is 5.90. The number of benzene rings is 2. The van der Waals surface area contributed by atoms with Gasteiger partial charge in [-0.3, -0.25) is 0 Å². The molecule has 0 saturated carbocycles. The second kappa shape index (κ2) is 7.30. The van der Waals surface area contributed by atoms with Gasteiger partial charge in [0, 0.05) is 6.54 Å². The molecule has 0 radical (unpaired) electrons. The molecule has 0 aliphatic heterocycles. The van der Waals surface area contributed by atoms with Crippen molar-refractivity contribution >= 4 is 17.2 Å². The lowest BCUT2D eigenvalue weighted by Crippen LogP contribution is -2.24. The molecule has 0 unspecified atom stereocenters. The molecule has 0 aliphatic carbocycles. The molecular formula is C16H15N7O2. The summed E-state index contributed by atoms with van der Waals surface area (Å²) in [5.74, 6) is -0.427. The maximum atomic E-state index is 11.6. The second-order valence-electron chi connectivity index (χ2n) is 4.98. The number of nitrogens with zero attached hydrogens (tertiary/aromatic N) is 7. The highest BCUT2D eigenvalue weighted by Crippen LogP contribution is 2.25. The third kappa shape index (κ3) is 3.50. The molecule has 3 rings (SSSR count). The highest BCUT2D eigenvalue weighted by Gasteiger charge is 2.27. The predicted octanol–water partition coefficient (Wildman–Crippen LogP) is 2.47. The Hall–Kier alpha value is -3.62. The number of aryl methyl sites for hydroxylation is 1. The molecule has 0 N–H and O–H groups in total. The van der Waals surface area contributed by atoms with E-state index in [0.29, 0.717) is 17.9 Å². The first kappa shape index (κ1) is 16.2. The van der Waals surface area contributed by atoms with Crippen LogP contribution in [0.15, 0.2) is 65.8 Å². The lowest BCUT2D eigenvalue weighted by molar-refractivity contribution is -0.349. The van der Waals surface area contributed by atoms with Crippen molar-refractivity contribution in [3.8, 4) is 0 Å². The quantitative estimate of drug-likeness (QED) is 0.307. The second-order valence-corrected chi connectivity index (χ2v) is 4.98. The van der Waals surface area contributed by atoms with Gasteiger partial charge >= 0.3 is 5.84 Å². The zero-order chi connectivity index (χ0) is 17.6. The van der Waals surface area contributed by atoms with Crippen LogP contribution >= 0.6 is 0 Å². The minimum Gasteiger partial charge on any atom is -0.358 e. The largest absolute Gasteiger partial charge is 0.435 e. The lowest BCUT2D eigenvalue weighted by atomic mass is 10.2. The van der Waals surface area contributed by atoms with Crippen molar-refractivity contribution in [1.29, 1.82) is 0 Å². The van der Waals surface area contributed by atoms with Gasteiger partial charge in [-0.25, -0.2) is 4.68 Å². The molecule has 126 valence electrons. The van der Waals surface area contributed by atoms with Crippen LogP contribution in [0.25, 0.3) is 0 Å². The summed E-state index contributed by atoms with van der Waals surface area (Å²) in [6.45, 7) is 2.19. The van der Waals surface area contributed by atoms with E-state index >= 15 is 0 Å². The third-order valence-corrected chi connectivity index (χ3v) is 3.40. The normalized spacial score (nSPS) is 11.3. The zero-order valence-corrected chi connectivity index (χ0v) is 13.4. The molecule has 1 heterocycles. The summed E-state index contributed by atoms with van der Waals surface area (Å²) in [7, 11) is 0. The maximum absolute atomic E-state index is 11.6. The molecule has 0 atom stereocenters. The molecule has 0 fully saturated rings. The van der Waals surface area contributed by atoms with Crippen LogP contribution in [0.3, 0.4) is 0 Å². The minimum atomic E-state index is -0.587. The summed E-state index contributed by atoms with van der Waals surface area (Å²) in [5, 5.41) is 28.4. The van der Waals surface area contributed by atoms with Gasteiger partial charge in [-0.15, -0.1) is 5.01 Å². The Bertz CT molecular complexity index is 838. The van der Waals surface area contributed by atoms with E-state index in [1.807, 2.05) is 60.7 Å². The van der Waals surface area contributed by atoms with Crippen molar-refractivity contribution in [2.24, 2.45) is 5.10 Å². The fourth-order valence-corrected chi connectivity index (χ4v) is 2.24. The minimum absolute atomic E-state index is 0.00404. The van der Waals surface area contributed by atoms with Crippen molar-refractivity contribution in [1.82, 2.24) is 20.2 Å². The van der Waals surface area contributed by atoms with Crippen molar-refractivity contribution < 1.29 is 4.92 Å². The van der Waals surface area contributed by atoms with Crippen molar-refractivity contribution in [2.45, 2.75) is 13.5 Å². The van der Waals surface area contributed by atoms with Crippen molar-refractivity contribution in [3.05, 3.63) is 76.6 Å². The SMILES string of the molecule is CCn1nnnc1/C(=N/N(c1ccccc1)c1ccccc1)[N+](=O)[O-]. The van der Waals surface area contributed by atoms with E-state index in [0.717, 1.165) is 0 Å². The van der Waals surface area contributed by atoms with E-state index in [-0.39, 0.29) is 5.82 Å². The lowest BCUT2D eigenvalue weighted by Gasteiger charge is -2.13. The van der Waals surface area contributed by atoms with E-state index in [2.05, 4.69) is 20.6 Å². The van der Waals surface area contributed by atoms with E-state index in [1.54, 1.807) is 6.92 Å². The monoisotopic (exact) mass is 337 g/mol. The third-order valence-electron chi connectivity index (χ3n) is 3.40. The molecule has 0 spiro atoms. The topological polar surface area (TPSA) is 102 Å². The van der Waals surface area contributed by atoms with Crippen LogP contribution in [0.5, 0.6) is 0 Å². The number of hydrogen-bond donors (Lipinski definition) is 0. The molecule has 9 heteroatoms. The Labute approximate surface area is 143 Å². The van der Waals surface area contributed by atoms with E-state index in [4.69, 9.17) is 0 Å². The van der Waals surface area contributed by atoms with Gasteiger partial charge in [-0.1, -0.05) is 41.5 Å². The first-order valence-electron chi connectivity index (χ1n) is 7.60. The summed E-state index contributed by atoms with van der Waals surface area (Å²) >= 11 is 0. The molecule has 0 saturated heterocycles. The van der Waals surface area contributed by atoms with Crippen LogP contribution in [-0.2, 0) is 6.54 Å². The van der Waals surface area contributed by atoms with Gasteiger partial charge in [0.1, 0.15) is 0 Å². The van der Waals surface area contributed by atoms with E-state index in [9.17, 15) is 10.1 Å². The number of hydrazone groups is 1. The van der Waals surface area contributed by atoms with Crippen LogP contribution in [0, 0.1) is 10.1 Å². The fraction of sp³-hybridized carbons (Fsp3) is 0.125. The maximum Gasteiger partial charge on any atom is 0.435 e. The predicted molar refractivity (Wildman–Crippen MR) is 92.0 cm³/mol. The van der Waals surface area contributed by atoms with Gasteiger partial charge in [0.15, 0.2) is 0 Å². The Balaban J connectivity index is 2.14. The first-order valence-corrected chi connectivity index (χ1v) is 7.60. The standard InChI is InChI=1S/C16H15N7O2/c1-2-21-15(17-19-20-21)16(23(24)25)18-22(13-9-5-3-6-10-13)14-11-7-4-8-12-14/h3-12H,2H2,1H3/b18-16-. The van der Waals surface area contributed by atoms with Gasteiger partial charge < -0.3 is 10.1 Å². The van der Waals surface area contributed by atoms with Gasteiger partial charge in [-0.2, -0.15) is 0 Å². The summed E-state index contributed by atoms with van der Waals surface area (Å²) in [5.41, 5.74) is 1.37. The summed E-state index contributed by atoms with van der Waals surface area (Å²) < 4.78 is 1.33. The highest BCUT2D eigenvalue weighted by atomic mass is 16.6. The van der Waals surface area contributed by atoms with Crippen LogP contribution in [0.2, 0.25) is 0 Å². The van der Waals surface area contributed by atoms with Crippen LogP contribution in [0.1, 0.15) is 12.7 Å². The summed E-state index contributed by atoms with van der Waals surface area (Å²) in [6, 6.07) is 18.3. The number of nitro groups is 1. The van der Waals surface area contributed by atoms with Crippen LogP contribution in [-0.4, -0.2) is 31.0 Å². The number of rotatable bonds is 5. The van der Waals surface area contributed by atoms with Crippen molar-refractivity contribution in [3.63, 3.8) is 0 Å². The van der Waals surface area contributed by atoms with E-state index < -0.39 is 10.8 Å². The molecule has 2 aromatic carbocycles. The summed E-state index contributed by atoms with van der Waals surface area (Å²) in [6.07, 6.45) is 0. The number of anilines is 2. The molecule has 9 nitrogen and oxygen atoms in total. The fourth-order valence-electron chi connectivity index (χ4n) is 2.24. The Morgan fingerprint density at radius 3 is 2.16 bits per heavy atom. The first-order chi connectivity index (χ1) is 12.2. The van der Waals surface area contributed by atoms with Crippen LogP contribution in [0.4, 0.5) is 11.4 Å². The molecule has 3 aromatic rings. The zero-order valence-electron chi connectivity index (χ0n) is 13.4. The summed E-state index contributed by atoms with van der Waals surface area (Å²) in [4.78, 5) is 11.0. The number of para-hydroxylation sites is 2. The molecule has 0 aliphatic rings. The molecule has 25 heavy (non-hydrogen) atoms. The number of amidine groups is 1. The molecular weight excluding hydrogens is 322 g/mol. The number of hydrogen-bond acceptors (Lipinski definition) is 7.